The fourth-order valence-corrected chi connectivity index (χ4v) is 2.81. The maximum absolute atomic E-state index is 4.05. The first kappa shape index (κ1) is 12.3. The molecule has 2 aromatic rings. The Hall–Kier alpha value is -1.19. The van der Waals surface area contributed by atoms with Crippen LogP contribution in [0.3, 0.4) is 0 Å². The quantitative estimate of drug-likeness (QED) is 0.864. The molecule has 1 N–H and O–H groups in total. The van der Waals surface area contributed by atoms with E-state index in [-0.39, 0.29) is 0 Å². The first-order valence-corrected chi connectivity index (χ1v) is 6.88. The SMILES string of the molecule is CCC(N[C@@H](C)c1ccncc1)c1cccs1. The molecule has 0 aliphatic rings. The van der Waals surface area contributed by atoms with Gasteiger partial charge in [0.15, 0.2) is 0 Å². The summed E-state index contributed by atoms with van der Waals surface area (Å²) in [4.78, 5) is 5.46. The van der Waals surface area contributed by atoms with Gasteiger partial charge >= 0.3 is 0 Å². The Bertz CT molecular complexity index is 425. The molecule has 17 heavy (non-hydrogen) atoms. The van der Waals surface area contributed by atoms with Crippen molar-refractivity contribution in [1.82, 2.24) is 10.3 Å². The van der Waals surface area contributed by atoms with E-state index in [0.29, 0.717) is 12.1 Å². The van der Waals surface area contributed by atoms with E-state index >= 15 is 0 Å². The summed E-state index contributed by atoms with van der Waals surface area (Å²) in [5.74, 6) is 0. The molecule has 2 rings (SSSR count). The van der Waals surface area contributed by atoms with Crippen LogP contribution in [0.25, 0.3) is 0 Å². The van der Waals surface area contributed by atoms with Crippen molar-refractivity contribution >= 4 is 11.3 Å². The second-order valence-corrected chi connectivity index (χ2v) is 5.12. The lowest BCUT2D eigenvalue weighted by atomic mass is 10.1. The zero-order valence-corrected chi connectivity index (χ0v) is 11.1. The second-order valence-electron chi connectivity index (χ2n) is 4.15. The number of pyridine rings is 1. The largest absolute Gasteiger partial charge is 0.303 e. The number of nitrogens with zero attached hydrogens (tertiary/aromatic N) is 1. The summed E-state index contributed by atoms with van der Waals surface area (Å²) >= 11 is 1.82. The highest BCUT2D eigenvalue weighted by Crippen LogP contribution is 2.25. The average Bonchev–Trinajstić information content (AvgIpc) is 2.90. The molecule has 2 atom stereocenters. The maximum Gasteiger partial charge on any atom is 0.0416 e. The number of hydrogen-bond acceptors (Lipinski definition) is 3. The fraction of sp³-hybridized carbons (Fsp3) is 0.357. The maximum atomic E-state index is 4.05. The van der Waals surface area contributed by atoms with Crippen LogP contribution in [0.15, 0.2) is 42.0 Å². The highest BCUT2D eigenvalue weighted by atomic mass is 32.1. The van der Waals surface area contributed by atoms with Crippen LogP contribution >= 0.6 is 11.3 Å². The van der Waals surface area contributed by atoms with Crippen molar-refractivity contribution in [3.8, 4) is 0 Å². The molecule has 2 nitrogen and oxygen atoms in total. The minimum atomic E-state index is 0.352. The summed E-state index contributed by atoms with van der Waals surface area (Å²) in [6.45, 7) is 4.42. The summed E-state index contributed by atoms with van der Waals surface area (Å²) < 4.78 is 0. The van der Waals surface area contributed by atoms with Gasteiger partial charge < -0.3 is 5.32 Å². The molecule has 0 aliphatic carbocycles. The van der Waals surface area contributed by atoms with Gasteiger partial charge in [-0.1, -0.05) is 13.0 Å². The Morgan fingerprint density at radius 1 is 1.29 bits per heavy atom. The van der Waals surface area contributed by atoms with E-state index < -0.39 is 0 Å². The zero-order valence-electron chi connectivity index (χ0n) is 10.3. The third-order valence-electron chi connectivity index (χ3n) is 2.95. The lowest BCUT2D eigenvalue weighted by Gasteiger charge is -2.21. The van der Waals surface area contributed by atoms with Crippen molar-refractivity contribution in [2.75, 3.05) is 0 Å². The molecule has 0 spiro atoms. The van der Waals surface area contributed by atoms with Gasteiger partial charge in [0.1, 0.15) is 0 Å². The van der Waals surface area contributed by atoms with E-state index in [1.165, 1.54) is 10.4 Å². The molecule has 0 saturated heterocycles. The van der Waals surface area contributed by atoms with Gasteiger partial charge in [-0.2, -0.15) is 0 Å². The van der Waals surface area contributed by atoms with Crippen molar-refractivity contribution in [1.29, 1.82) is 0 Å². The number of nitrogens with one attached hydrogen (secondary N) is 1. The highest BCUT2D eigenvalue weighted by Gasteiger charge is 2.14. The van der Waals surface area contributed by atoms with Gasteiger partial charge in [-0.05, 0) is 42.5 Å². The minimum Gasteiger partial charge on any atom is -0.303 e. The molecular formula is C14H18N2S. The Morgan fingerprint density at radius 2 is 2.06 bits per heavy atom. The number of aromatic nitrogens is 1. The van der Waals surface area contributed by atoms with Crippen LogP contribution in [-0.4, -0.2) is 4.98 Å². The van der Waals surface area contributed by atoms with E-state index in [1.807, 2.05) is 23.7 Å². The predicted molar refractivity (Wildman–Crippen MR) is 73.1 cm³/mol. The average molecular weight is 246 g/mol. The van der Waals surface area contributed by atoms with Crippen molar-refractivity contribution in [2.45, 2.75) is 32.4 Å². The summed E-state index contributed by atoms with van der Waals surface area (Å²) in [5.41, 5.74) is 1.29. The first-order valence-electron chi connectivity index (χ1n) is 6.00. The van der Waals surface area contributed by atoms with Crippen molar-refractivity contribution in [2.24, 2.45) is 0 Å². The molecule has 0 fully saturated rings. The van der Waals surface area contributed by atoms with Gasteiger partial charge in [0.25, 0.3) is 0 Å². The van der Waals surface area contributed by atoms with E-state index in [4.69, 9.17) is 0 Å². The Morgan fingerprint density at radius 3 is 2.65 bits per heavy atom. The molecule has 0 aromatic carbocycles. The molecular weight excluding hydrogens is 228 g/mol. The molecule has 90 valence electrons. The van der Waals surface area contributed by atoms with Gasteiger partial charge in [0, 0.05) is 29.4 Å². The van der Waals surface area contributed by atoms with E-state index in [2.05, 4.69) is 53.8 Å². The van der Waals surface area contributed by atoms with Crippen LogP contribution in [0.2, 0.25) is 0 Å². The van der Waals surface area contributed by atoms with Crippen LogP contribution in [0.1, 0.15) is 42.8 Å². The van der Waals surface area contributed by atoms with Crippen molar-refractivity contribution in [3.05, 3.63) is 52.5 Å². The topological polar surface area (TPSA) is 24.9 Å². The van der Waals surface area contributed by atoms with Crippen molar-refractivity contribution < 1.29 is 0 Å². The fourth-order valence-electron chi connectivity index (χ4n) is 1.94. The Balaban J connectivity index is 2.05. The second kappa shape index (κ2) is 5.94. The number of rotatable bonds is 5. The smallest absolute Gasteiger partial charge is 0.0416 e. The number of thiophene rings is 1. The van der Waals surface area contributed by atoms with Crippen LogP contribution in [0, 0.1) is 0 Å². The van der Waals surface area contributed by atoms with E-state index in [9.17, 15) is 0 Å². The summed E-state index contributed by atoms with van der Waals surface area (Å²) in [5, 5.41) is 5.80. The predicted octanol–water partition coefficient (Wildman–Crippen LogP) is 3.95. The Labute approximate surface area is 107 Å². The van der Waals surface area contributed by atoms with Gasteiger partial charge in [-0.25, -0.2) is 0 Å². The van der Waals surface area contributed by atoms with Gasteiger partial charge in [-0.15, -0.1) is 11.3 Å². The lowest BCUT2D eigenvalue weighted by molar-refractivity contribution is 0.462. The monoisotopic (exact) mass is 246 g/mol. The van der Waals surface area contributed by atoms with Crippen LogP contribution in [0.5, 0.6) is 0 Å². The number of hydrogen-bond donors (Lipinski definition) is 1. The first-order chi connectivity index (χ1) is 8.31. The molecule has 0 amide bonds. The van der Waals surface area contributed by atoms with Crippen LogP contribution in [0.4, 0.5) is 0 Å². The normalized spacial score (nSPS) is 14.5. The van der Waals surface area contributed by atoms with Crippen LogP contribution < -0.4 is 5.32 Å². The molecule has 0 bridgehead atoms. The van der Waals surface area contributed by atoms with Gasteiger partial charge in [0.2, 0.25) is 0 Å². The molecule has 3 heteroatoms. The van der Waals surface area contributed by atoms with Crippen molar-refractivity contribution in [3.63, 3.8) is 0 Å². The highest BCUT2D eigenvalue weighted by molar-refractivity contribution is 7.10. The van der Waals surface area contributed by atoms with Gasteiger partial charge in [-0.3, -0.25) is 4.98 Å². The lowest BCUT2D eigenvalue weighted by Crippen LogP contribution is -2.23. The van der Waals surface area contributed by atoms with Gasteiger partial charge in [0.05, 0.1) is 0 Å². The standard InChI is InChI=1S/C14H18N2S/c1-3-13(14-5-4-10-17-14)16-11(2)12-6-8-15-9-7-12/h4-11,13,16H,3H2,1-2H3/t11-,13?/m0/s1. The molecule has 1 unspecified atom stereocenters. The third-order valence-corrected chi connectivity index (χ3v) is 3.94. The molecule has 0 radical (unpaired) electrons. The van der Waals surface area contributed by atoms with E-state index in [1.54, 1.807) is 0 Å². The molecule has 2 aromatic heterocycles. The van der Waals surface area contributed by atoms with E-state index in [0.717, 1.165) is 6.42 Å². The molecule has 2 heterocycles. The summed E-state index contributed by atoms with van der Waals surface area (Å²) in [6, 6.07) is 9.24. The molecule has 0 aliphatic heterocycles. The van der Waals surface area contributed by atoms with Crippen LogP contribution in [-0.2, 0) is 0 Å². The third kappa shape index (κ3) is 3.14. The molecule has 0 saturated carbocycles. The summed E-state index contributed by atoms with van der Waals surface area (Å²) in [6.07, 6.45) is 4.80. The zero-order chi connectivity index (χ0) is 12.1. The minimum absolute atomic E-state index is 0.352. The summed E-state index contributed by atoms with van der Waals surface area (Å²) in [7, 11) is 0. The Kier molecular flexibility index (Phi) is 4.29.